The monoisotopic (exact) mass is 442 g/mol. The Morgan fingerprint density at radius 1 is 1.16 bits per heavy atom. The molecule has 3 aliphatic rings. The number of hydrogen-bond acceptors (Lipinski definition) is 2. The smallest absolute Gasteiger partial charge is 0.245 e. The van der Waals surface area contributed by atoms with Gasteiger partial charge in [-0.3, -0.25) is 9.59 Å². The summed E-state index contributed by atoms with van der Waals surface area (Å²) in [5.74, 6) is 0.465. The molecule has 0 unspecified atom stereocenters. The fourth-order valence-corrected chi connectivity index (χ4v) is 6.55. The minimum Gasteiger partial charge on any atom is -0.340 e. The third kappa shape index (κ3) is 4.28. The van der Waals surface area contributed by atoms with Gasteiger partial charge in [0.1, 0.15) is 0 Å². The van der Waals surface area contributed by atoms with Crippen LogP contribution in [0, 0.1) is 16.7 Å². The molecule has 2 saturated heterocycles. The van der Waals surface area contributed by atoms with Crippen molar-refractivity contribution in [1.82, 2.24) is 9.80 Å². The van der Waals surface area contributed by atoms with Crippen molar-refractivity contribution in [1.29, 1.82) is 0 Å². The maximum atomic E-state index is 13.8. The molecule has 0 bridgehead atoms. The topological polar surface area (TPSA) is 40.6 Å². The molecule has 3 fully saturated rings. The molecule has 168 valence electrons. The van der Waals surface area contributed by atoms with E-state index in [4.69, 9.17) is 11.6 Å². The van der Waals surface area contributed by atoms with Crippen molar-refractivity contribution in [2.24, 2.45) is 16.7 Å². The van der Waals surface area contributed by atoms with Crippen LogP contribution in [-0.4, -0.2) is 47.3 Å². The Morgan fingerprint density at radius 2 is 1.87 bits per heavy atom. The normalized spacial score (nSPS) is 29.4. The maximum absolute atomic E-state index is 13.8. The van der Waals surface area contributed by atoms with E-state index >= 15 is 0 Å². The third-order valence-electron chi connectivity index (χ3n) is 7.98. The van der Waals surface area contributed by atoms with E-state index in [0.717, 1.165) is 62.3 Å². The van der Waals surface area contributed by atoms with Gasteiger partial charge in [-0.25, -0.2) is 0 Å². The van der Waals surface area contributed by atoms with Crippen LogP contribution >= 0.6 is 11.6 Å². The molecule has 1 spiro atoms. The first-order chi connectivity index (χ1) is 14.6. The van der Waals surface area contributed by atoms with Gasteiger partial charge >= 0.3 is 0 Å². The average molecular weight is 443 g/mol. The van der Waals surface area contributed by atoms with E-state index in [9.17, 15) is 9.59 Å². The first kappa shape index (κ1) is 22.4. The number of piperidine rings is 1. The van der Waals surface area contributed by atoms with Crippen molar-refractivity contribution >= 4 is 23.4 Å². The summed E-state index contributed by atoms with van der Waals surface area (Å²) in [6.45, 7) is 12.7. The Labute approximate surface area is 191 Å². The second-order valence-corrected chi connectivity index (χ2v) is 11.3. The average Bonchev–Trinajstić information content (AvgIpc) is 2.70. The van der Waals surface area contributed by atoms with Crippen molar-refractivity contribution in [3.8, 4) is 0 Å². The van der Waals surface area contributed by atoms with Crippen LogP contribution in [0.1, 0.15) is 64.4 Å². The quantitative estimate of drug-likeness (QED) is 0.598. The largest absolute Gasteiger partial charge is 0.340 e. The van der Waals surface area contributed by atoms with Gasteiger partial charge in [0, 0.05) is 42.0 Å². The molecule has 2 aliphatic heterocycles. The summed E-state index contributed by atoms with van der Waals surface area (Å²) >= 11 is 6.59. The number of rotatable bonds is 3. The van der Waals surface area contributed by atoms with Crippen LogP contribution in [-0.2, 0) is 9.59 Å². The van der Waals surface area contributed by atoms with E-state index in [-0.39, 0.29) is 34.6 Å². The number of hydrogen-bond donors (Lipinski definition) is 0. The van der Waals surface area contributed by atoms with Gasteiger partial charge in [-0.05, 0) is 68.1 Å². The number of benzene rings is 1. The Bertz CT molecular complexity index is 874. The van der Waals surface area contributed by atoms with Crippen LogP contribution < -0.4 is 0 Å². The highest BCUT2D eigenvalue weighted by Crippen LogP contribution is 2.50. The molecular formula is C26H35ClN2O2. The Kier molecular flexibility index (Phi) is 5.97. The van der Waals surface area contributed by atoms with Crippen LogP contribution in [0.5, 0.6) is 0 Å². The zero-order valence-electron chi connectivity index (χ0n) is 19.1. The number of carbonyl (C=O) groups excluding carboxylic acids is 2. The summed E-state index contributed by atoms with van der Waals surface area (Å²) in [6.07, 6.45) is 6.30. The molecule has 1 aromatic rings. The van der Waals surface area contributed by atoms with Crippen LogP contribution in [0.3, 0.4) is 0 Å². The van der Waals surface area contributed by atoms with Crippen LogP contribution in [0.2, 0.25) is 5.02 Å². The van der Waals surface area contributed by atoms with Crippen LogP contribution in [0.15, 0.2) is 36.9 Å². The molecule has 0 aromatic heterocycles. The molecule has 4 rings (SSSR count). The summed E-state index contributed by atoms with van der Waals surface area (Å²) in [6, 6.07) is 8.24. The maximum Gasteiger partial charge on any atom is 0.245 e. The second kappa shape index (κ2) is 8.27. The van der Waals surface area contributed by atoms with Gasteiger partial charge in [-0.1, -0.05) is 50.2 Å². The standard InChI is InChI=1S/C26H35ClN2O2/c1-5-23(30)28-16-26(17-28)12-13-29(18(2)14-26)24(31)20-10-11-25(3,4)15-21(20)19-8-6-7-9-22(19)27/h5-9,18,20-21H,1,10-17H2,2-4H3/t18-,20+,21-/m1/s1. The number of likely N-dealkylation sites (tertiary alicyclic amines) is 2. The van der Waals surface area contributed by atoms with E-state index in [1.54, 1.807) is 0 Å². The van der Waals surface area contributed by atoms with E-state index in [1.807, 2.05) is 23.1 Å². The Morgan fingerprint density at radius 3 is 2.52 bits per heavy atom. The van der Waals surface area contributed by atoms with Gasteiger partial charge in [0.2, 0.25) is 11.8 Å². The minimum atomic E-state index is -0.00958. The summed E-state index contributed by atoms with van der Waals surface area (Å²) < 4.78 is 0. The van der Waals surface area contributed by atoms with E-state index in [1.165, 1.54) is 6.08 Å². The summed E-state index contributed by atoms with van der Waals surface area (Å²) in [4.78, 5) is 29.7. The van der Waals surface area contributed by atoms with Crippen molar-refractivity contribution < 1.29 is 9.59 Å². The Balaban J connectivity index is 1.49. The van der Waals surface area contributed by atoms with Crippen molar-refractivity contribution in [3.63, 3.8) is 0 Å². The zero-order chi connectivity index (χ0) is 22.4. The molecular weight excluding hydrogens is 408 g/mol. The first-order valence-electron chi connectivity index (χ1n) is 11.6. The van der Waals surface area contributed by atoms with Crippen molar-refractivity contribution in [2.45, 2.75) is 64.8 Å². The highest BCUT2D eigenvalue weighted by Gasteiger charge is 2.50. The lowest BCUT2D eigenvalue weighted by atomic mass is 9.64. The molecule has 5 heteroatoms. The molecule has 1 saturated carbocycles. The fraction of sp³-hybridized carbons (Fsp3) is 0.615. The van der Waals surface area contributed by atoms with E-state index in [0.29, 0.717) is 5.91 Å². The molecule has 2 amide bonds. The van der Waals surface area contributed by atoms with Crippen LogP contribution in [0.25, 0.3) is 0 Å². The molecule has 0 radical (unpaired) electrons. The van der Waals surface area contributed by atoms with E-state index in [2.05, 4.69) is 38.3 Å². The summed E-state index contributed by atoms with van der Waals surface area (Å²) in [5.41, 5.74) is 1.51. The molecule has 3 atom stereocenters. The summed E-state index contributed by atoms with van der Waals surface area (Å²) in [5, 5.41) is 0.773. The molecule has 0 N–H and O–H groups in total. The van der Waals surface area contributed by atoms with Gasteiger partial charge in [0.05, 0.1) is 0 Å². The Hall–Kier alpha value is -1.81. The van der Waals surface area contributed by atoms with Gasteiger partial charge in [-0.15, -0.1) is 0 Å². The van der Waals surface area contributed by atoms with Gasteiger partial charge < -0.3 is 9.80 Å². The predicted octanol–water partition coefficient (Wildman–Crippen LogP) is 5.28. The SMILES string of the molecule is C=CC(=O)N1CC2(CCN(C(=O)[C@H]3CCC(C)(C)C[C@@H]3c3ccccc3Cl)[C@H](C)C2)C1. The zero-order valence-corrected chi connectivity index (χ0v) is 19.8. The fourth-order valence-electron chi connectivity index (χ4n) is 6.28. The number of halogens is 1. The lowest BCUT2D eigenvalue weighted by Gasteiger charge is -2.56. The lowest BCUT2D eigenvalue weighted by Crippen LogP contribution is -2.64. The lowest BCUT2D eigenvalue weighted by molar-refractivity contribution is -0.153. The van der Waals surface area contributed by atoms with Crippen molar-refractivity contribution in [3.05, 3.63) is 47.5 Å². The number of amides is 2. The second-order valence-electron chi connectivity index (χ2n) is 10.9. The molecule has 1 aromatic carbocycles. The highest BCUT2D eigenvalue weighted by molar-refractivity contribution is 6.31. The van der Waals surface area contributed by atoms with E-state index < -0.39 is 0 Å². The van der Waals surface area contributed by atoms with Crippen molar-refractivity contribution in [2.75, 3.05) is 19.6 Å². The molecule has 31 heavy (non-hydrogen) atoms. The van der Waals surface area contributed by atoms with Gasteiger partial charge in [0.25, 0.3) is 0 Å². The van der Waals surface area contributed by atoms with Gasteiger partial charge in [-0.2, -0.15) is 0 Å². The first-order valence-corrected chi connectivity index (χ1v) is 12.0. The molecule has 1 aliphatic carbocycles. The minimum absolute atomic E-state index is 0.00958. The third-order valence-corrected chi connectivity index (χ3v) is 8.32. The predicted molar refractivity (Wildman–Crippen MR) is 125 cm³/mol. The van der Waals surface area contributed by atoms with Crippen LogP contribution in [0.4, 0.5) is 0 Å². The van der Waals surface area contributed by atoms with Gasteiger partial charge in [0.15, 0.2) is 0 Å². The molecule has 2 heterocycles. The number of nitrogens with zero attached hydrogens (tertiary/aromatic N) is 2. The molecule has 4 nitrogen and oxygen atoms in total. The number of carbonyl (C=O) groups is 2. The summed E-state index contributed by atoms with van der Waals surface area (Å²) in [7, 11) is 0. The highest BCUT2D eigenvalue weighted by atomic mass is 35.5.